The minimum Gasteiger partial charge on any atom is -0.283 e. The molecule has 0 fully saturated rings. The van der Waals surface area contributed by atoms with Crippen LogP contribution in [0.2, 0.25) is 0 Å². The summed E-state index contributed by atoms with van der Waals surface area (Å²) < 4.78 is 0. The van der Waals surface area contributed by atoms with Gasteiger partial charge in [-0.2, -0.15) is 0 Å². The van der Waals surface area contributed by atoms with Gasteiger partial charge in [-0.1, -0.05) is 6.92 Å². The zero-order valence-corrected chi connectivity index (χ0v) is 4.42. The number of carbonyl (C=O) groups is 1. The van der Waals surface area contributed by atoms with E-state index in [9.17, 15) is 4.79 Å². The lowest BCUT2D eigenvalue weighted by molar-refractivity contribution is -0.118. The Bertz CT molecular complexity index is 55.7. The first kappa shape index (κ1) is 6.43. The molecule has 0 aliphatic rings. The highest BCUT2D eigenvalue weighted by atomic mass is 16.1. The normalized spacial score (nSPS) is 8.29. The molecule has 0 atom stereocenters. The Morgan fingerprint density at radius 2 is 2.43 bits per heavy atom. The van der Waals surface area contributed by atoms with Crippen LogP contribution in [0, 0.1) is 0 Å². The minimum absolute atomic E-state index is 0.615. The Balaban J connectivity index is 2.98. The summed E-state index contributed by atoms with van der Waals surface area (Å²) in [6.45, 7) is 2.60. The van der Waals surface area contributed by atoms with Crippen LogP contribution in [-0.4, -0.2) is 18.0 Å². The van der Waals surface area contributed by atoms with E-state index in [1.807, 2.05) is 6.92 Å². The lowest BCUT2D eigenvalue weighted by Crippen LogP contribution is -2.29. The summed E-state index contributed by atoms with van der Waals surface area (Å²) in [5, 5.41) is 1.12. The third-order valence-electron chi connectivity index (χ3n) is 0.617. The van der Waals surface area contributed by atoms with E-state index in [1.165, 1.54) is 0 Å². The maximum atomic E-state index is 9.70. The van der Waals surface area contributed by atoms with E-state index in [-0.39, 0.29) is 0 Å². The third kappa shape index (κ3) is 3.26. The van der Waals surface area contributed by atoms with E-state index in [2.05, 4.69) is 0 Å². The van der Waals surface area contributed by atoms with Crippen LogP contribution in [0.25, 0.3) is 0 Å². The molecule has 0 rings (SSSR count). The number of amides is 1. The maximum absolute atomic E-state index is 9.70. The Morgan fingerprint density at radius 1 is 1.86 bits per heavy atom. The standard InChI is InChI=1S/C4H10N2O/c1-2-3-6(5)4-7/h4H,2-3,5H2,1H3. The monoisotopic (exact) mass is 102 g/mol. The number of carbonyl (C=O) groups excluding carboxylic acids is 1. The van der Waals surface area contributed by atoms with Crippen molar-refractivity contribution in [1.82, 2.24) is 5.01 Å². The van der Waals surface area contributed by atoms with Crippen molar-refractivity contribution in [1.29, 1.82) is 0 Å². The molecule has 0 unspecified atom stereocenters. The van der Waals surface area contributed by atoms with E-state index in [4.69, 9.17) is 5.84 Å². The molecule has 0 saturated carbocycles. The molecule has 3 nitrogen and oxygen atoms in total. The highest BCUT2D eigenvalue weighted by Gasteiger charge is 1.85. The Labute approximate surface area is 43.1 Å². The third-order valence-corrected chi connectivity index (χ3v) is 0.617. The average Bonchev–Trinajstić information content (AvgIpc) is 1.68. The minimum atomic E-state index is 0.615. The second-order valence-corrected chi connectivity index (χ2v) is 1.34. The molecular formula is C4H10N2O. The van der Waals surface area contributed by atoms with Crippen molar-refractivity contribution in [3.8, 4) is 0 Å². The van der Waals surface area contributed by atoms with Crippen LogP contribution in [0.5, 0.6) is 0 Å². The Kier molecular flexibility index (Phi) is 3.32. The van der Waals surface area contributed by atoms with Crippen molar-refractivity contribution in [3.63, 3.8) is 0 Å². The Hall–Kier alpha value is -0.570. The summed E-state index contributed by atoms with van der Waals surface area (Å²) in [6.07, 6.45) is 1.53. The van der Waals surface area contributed by atoms with Crippen molar-refractivity contribution in [2.75, 3.05) is 6.54 Å². The van der Waals surface area contributed by atoms with E-state index in [0.717, 1.165) is 11.4 Å². The second kappa shape index (κ2) is 3.61. The number of hydrogen-bond donors (Lipinski definition) is 1. The van der Waals surface area contributed by atoms with Crippen molar-refractivity contribution in [3.05, 3.63) is 0 Å². The van der Waals surface area contributed by atoms with Crippen LogP contribution in [0.1, 0.15) is 13.3 Å². The molecule has 42 valence electrons. The summed E-state index contributed by atoms with van der Waals surface area (Å²) in [5.41, 5.74) is 0. The predicted molar refractivity (Wildman–Crippen MR) is 27.2 cm³/mol. The smallest absolute Gasteiger partial charge is 0.223 e. The average molecular weight is 102 g/mol. The van der Waals surface area contributed by atoms with Gasteiger partial charge in [0.05, 0.1) is 0 Å². The van der Waals surface area contributed by atoms with Crippen LogP contribution in [0.15, 0.2) is 0 Å². The van der Waals surface area contributed by atoms with Crippen molar-refractivity contribution < 1.29 is 4.79 Å². The molecule has 0 aliphatic heterocycles. The fourth-order valence-corrected chi connectivity index (χ4v) is 0.311. The van der Waals surface area contributed by atoms with E-state index in [0.29, 0.717) is 13.0 Å². The van der Waals surface area contributed by atoms with Gasteiger partial charge in [0.15, 0.2) is 0 Å². The van der Waals surface area contributed by atoms with Gasteiger partial charge in [-0.05, 0) is 6.42 Å². The first-order valence-electron chi connectivity index (χ1n) is 2.28. The van der Waals surface area contributed by atoms with Crippen LogP contribution < -0.4 is 5.84 Å². The zero-order valence-electron chi connectivity index (χ0n) is 4.42. The fraction of sp³-hybridized carbons (Fsp3) is 0.750. The molecule has 0 aliphatic carbocycles. The molecule has 1 amide bonds. The maximum Gasteiger partial charge on any atom is 0.223 e. The summed E-state index contributed by atoms with van der Waals surface area (Å²) in [6, 6.07) is 0. The molecule has 0 aromatic carbocycles. The lowest BCUT2D eigenvalue weighted by Gasteiger charge is -2.05. The number of hydrazine groups is 1. The molecule has 0 radical (unpaired) electrons. The van der Waals surface area contributed by atoms with Gasteiger partial charge in [0.25, 0.3) is 0 Å². The van der Waals surface area contributed by atoms with Gasteiger partial charge in [-0.15, -0.1) is 0 Å². The predicted octanol–water partition coefficient (Wildman–Crippen LogP) is -0.272. The van der Waals surface area contributed by atoms with Gasteiger partial charge in [0.1, 0.15) is 0 Å². The molecular weight excluding hydrogens is 92.1 g/mol. The first-order chi connectivity index (χ1) is 3.31. The number of rotatable bonds is 3. The summed E-state index contributed by atoms with van der Waals surface area (Å²) in [5.74, 6) is 5.05. The molecule has 0 aromatic rings. The van der Waals surface area contributed by atoms with Crippen molar-refractivity contribution in [2.24, 2.45) is 5.84 Å². The van der Waals surface area contributed by atoms with E-state index >= 15 is 0 Å². The highest BCUT2D eigenvalue weighted by molar-refractivity contribution is 5.45. The molecule has 0 bridgehead atoms. The SMILES string of the molecule is CCCN(N)C=O. The van der Waals surface area contributed by atoms with Gasteiger partial charge in [-0.3, -0.25) is 9.80 Å². The topological polar surface area (TPSA) is 46.3 Å². The van der Waals surface area contributed by atoms with Crippen LogP contribution in [0.4, 0.5) is 0 Å². The number of nitrogens with two attached hydrogens (primary N) is 1. The largest absolute Gasteiger partial charge is 0.283 e. The van der Waals surface area contributed by atoms with Crippen LogP contribution >= 0.6 is 0 Å². The molecule has 0 aromatic heterocycles. The lowest BCUT2D eigenvalue weighted by atomic mass is 10.5. The molecule has 2 N–H and O–H groups in total. The van der Waals surface area contributed by atoms with E-state index < -0.39 is 0 Å². The van der Waals surface area contributed by atoms with Gasteiger partial charge in [0, 0.05) is 6.54 Å². The fourth-order valence-electron chi connectivity index (χ4n) is 0.311. The summed E-state index contributed by atoms with van der Waals surface area (Å²) in [4.78, 5) is 9.70. The quantitative estimate of drug-likeness (QED) is 0.231. The van der Waals surface area contributed by atoms with Gasteiger partial charge < -0.3 is 0 Å². The highest BCUT2D eigenvalue weighted by Crippen LogP contribution is 1.74. The second-order valence-electron chi connectivity index (χ2n) is 1.34. The molecule has 0 spiro atoms. The van der Waals surface area contributed by atoms with Gasteiger partial charge in [0.2, 0.25) is 6.41 Å². The number of hydrogen-bond acceptors (Lipinski definition) is 2. The van der Waals surface area contributed by atoms with Gasteiger partial charge in [-0.25, -0.2) is 5.84 Å². The van der Waals surface area contributed by atoms with E-state index in [1.54, 1.807) is 0 Å². The zero-order chi connectivity index (χ0) is 5.70. The molecule has 0 heterocycles. The molecule has 3 heteroatoms. The number of nitrogens with zero attached hydrogens (tertiary/aromatic N) is 1. The van der Waals surface area contributed by atoms with Crippen molar-refractivity contribution in [2.45, 2.75) is 13.3 Å². The first-order valence-corrected chi connectivity index (χ1v) is 2.28. The molecule has 0 saturated heterocycles. The van der Waals surface area contributed by atoms with Gasteiger partial charge >= 0.3 is 0 Å². The van der Waals surface area contributed by atoms with Crippen molar-refractivity contribution >= 4 is 6.41 Å². The van der Waals surface area contributed by atoms with Crippen LogP contribution in [-0.2, 0) is 4.79 Å². The van der Waals surface area contributed by atoms with Crippen LogP contribution in [0.3, 0.4) is 0 Å². The Morgan fingerprint density at radius 3 is 2.57 bits per heavy atom. The molecule has 7 heavy (non-hydrogen) atoms. The summed E-state index contributed by atoms with van der Waals surface area (Å²) in [7, 11) is 0. The summed E-state index contributed by atoms with van der Waals surface area (Å²) >= 11 is 0.